The Balaban J connectivity index is 2.18. The first-order valence-corrected chi connectivity index (χ1v) is 8.87. The van der Waals surface area contributed by atoms with Gasteiger partial charge in [-0.25, -0.2) is 4.98 Å². The molecule has 0 bridgehead atoms. The van der Waals surface area contributed by atoms with E-state index in [9.17, 15) is 0 Å². The molecule has 1 aromatic heterocycles. The highest BCUT2D eigenvalue weighted by Gasteiger charge is 2.10. The molecule has 0 aliphatic carbocycles. The minimum absolute atomic E-state index is 0.512. The predicted octanol–water partition coefficient (Wildman–Crippen LogP) is 5.10. The standard InChI is InChI=1S/C10H14Br4N2O/c11-5-3-1-2-4-6-17-7-16-9(13)8(12)15-10(16)14/h1-7H2. The molecular formula is C10H14Br4N2O. The second kappa shape index (κ2) is 9.07. The Morgan fingerprint density at radius 3 is 2.35 bits per heavy atom. The van der Waals surface area contributed by atoms with Gasteiger partial charge in [-0.1, -0.05) is 28.8 Å². The third-order valence-corrected chi connectivity index (χ3v) is 5.27. The molecule has 0 aromatic carbocycles. The Morgan fingerprint density at radius 2 is 1.76 bits per heavy atom. The first-order chi connectivity index (χ1) is 8.16. The highest BCUT2D eigenvalue weighted by molar-refractivity contribution is 9.13. The van der Waals surface area contributed by atoms with Gasteiger partial charge in [-0.3, -0.25) is 4.57 Å². The number of hydrogen-bond donors (Lipinski definition) is 0. The minimum Gasteiger partial charge on any atom is -0.361 e. The van der Waals surface area contributed by atoms with Gasteiger partial charge >= 0.3 is 0 Å². The molecule has 1 rings (SSSR count). The number of hydrogen-bond acceptors (Lipinski definition) is 2. The van der Waals surface area contributed by atoms with Crippen LogP contribution in [0.25, 0.3) is 0 Å². The van der Waals surface area contributed by atoms with E-state index in [0.717, 1.165) is 32.3 Å². The Kier molecular flexibility index (Phi) is 8.61. The maximum atomic E-state index is 5.61. The lowest BCUT2D eigenvalue weighted by molar-refractivity contribution is 0.0711. The zero-order valence-electron chi connectivity index (χ0n) is 9.26. The summed E-state index contributed by atoms with van der Waals surface area (Å²) in [5.41, 5.74) is 0. The average Bonchev–Trinajstić information content (AvgIpc) is 2.54. The fraction of sp³-hybridized carbons (Fsp3) is 0.700. The van der Waals surface area contributed by atoms with Crippen LogP contribution in [0, 0.1) is 0 Å². The summed E-state index contributed by atoms with van der Waals surface area (Å²) in [4.78, 5) is 4.21. The topological polar surface area (TPSA) is 27.1 Å². The number of imidazole rings is 1. The van der Waals surface area contributed by atoms with Crippen molar-refractivity contribution in [3.63, 3.8) is 0 Å². The normalized spacial score (nSPS) is 11.1. The predicted molar refractivity (Wildman–Crippen MR) is 83.5 cm³/mol. The van der Waals surface area contributed by atoms with Gasteiger partial charge in [0, 0.05) is 11.9 Å². The highest BCUT2D eigenvalue weighted by atomic mass is 79.9. The first kappa shape index (κ1) is 16.1. The van der Waals surface area contributed by atoms with Crippen LogP contribution in [0.4, 0.5) is 0 Å². The van der Waals surface area contributed by atoms with Crippen molar-refractivity contribution in [3.8, 4) is 0 Å². The average molecular weight is 498 g/mol. The summed E-state index contributed by atoms with van der Waals surface area (Å²) in [6, 6.07) is 0. The van der Waals surface area contributed by atoms with Crippen molar-refractivity contribution in [1.82, 2.24) is 9.55 Å². The number of rotatable bonds is 8. The molecule has 0 saturated heterocycles. The van der Waals surface area contributed by atoms with Crippen molar-refractivity contribution in [2.75, 3.05) is 11.9 Å². The Bertz CT molecular complexity index is 343. The molecule has 0 amide bonds. The third kappa shape index (κ3) is 5.72. The Hall–Kier alpha value is 1.09. The van der Waals surface area contributed by atoms with Gasteiger partial charge in [0.2, 0.25) is 0 Å². The Morgan fingerprint density at radius 1 is 1.06 bits per heavy atom. The Labute approximate surface area is 135 Å². The lowest BCUT2D eigenvalue weighted by Gasteiger charge is -2.07. The molecule has 0 radical (unpaired) electrons. The maximum Gasteiger partial charge on any atom is 0.181 e. The van der Waals surface area contributed by atoms with Crippen molar-refractivity contribution >= 4 is 63.7 Å². The van der Waals surface area contributed by atoms with Crippen LogP contribution in [0.3, 0.4) is 0 Å². The molecule has 1 heterocycles. The van der Waals surface area contributed by atoms with Crippen LogP contribution < -0.4 is 0 Å². The molecule has 98 valence electrons. The molecule has 7 heteroatoms. The maximum absolute atomic E-state index is 5.61. The van der Waals surface area contributed by atoms with E-state index in [0.29, 0.717) is 6.73 Å². The molecule has 0 aliphatic rings. The van der Waals surface area contributed by atoms with Crippen LogP contribution in [0.15, 0.2) is 13.9 Å². The number of nitrogens with zero attached hydrogens (tertiary/aromatic N) is 2. The van der Waals surface area contributed by atoms with E-state index in [-0.39, 0.29) is 0 Å². The zero-order chi connectivity index (χ0) is 12.7. The lowest BCUT2D eigenvalue weighted by atomic mass is 10.2. The molecule has 3 nitrogen and oxygen atoms in total. The highest BCUT2D eigenvalue weighted by Crippen LogP contribution is 2.26. The van der Waals surface area contributed by atoms with Crippen molar-refractivity contribution < 1.29 is 4.74 Å². The van der Waals surface area contributed by atoms with Gasteiger partial charge in [-0.2, -0.15) is 0 Å². The van der Waals surface area contributed by atoms with Crippen LogP contribution in [0.1, 0.15) is 25.7 Å². The van der Waals surface area contributed by atoms with Crippen molar-refractivity contribution in [2.24, 2.45) is 0 Å². The number of alkyl halides is 1. The summed E-state index contributed by atoms with van der Waals surface area (Å²) in [5.74, 6) is 0. The quantitative estimate of drug-likeness (QED) is 0.369. The monoisotopic (exact) mass is 494 g/mol. The van der Waals surface area contributed by atoms with Crippen LogP contribution in [-0.2, 0) is 11.5 Å². The largest absolute Gasteiger partial charge is 0.361 e. The van der Waals surface area contributed by atoms with Gasteiger partial charge in [0.1, 0.15) is 15.9 Å². The van der Waals surface area contributed by atoms with Crippen molar-refractivity contribution in [3.05, 3.63) is 13.9 Å². The molecule has 0 atom stereocenters. The van der Waals surface area contributed by atoms with E-state index >= 15 is 0 Å². The van der Waals surface area contributed by atoms with E-state index in [1.807, 2.05) is 4.57 Å². The van der Waals surface area contributed by atoms with Gasteiger partial charge in [0.25, 0.3) is 0 Å². The van der Waals surface area contributed by atoms with Gasteiger partial charge in [0.15, 0.2) is 4.73 Å². The molecule has 0 saturated carbocycles. The summed E-state index contributed by atoms with van der Waals surface area (Å²) in [7, 11) is 0. The molecule has 0 unspecified atom stereocenters. The fourth-order valence-electron chi connectivity index (χ4n) is 1.30. The minimum atomic E-state index is 0.512. The van der Waals surface area contributed by atoms with Crippen molar-refractivity contribution in [1.29, 1.82) is 0 Å². The zero-order valence-corrected chi connectivity index (χ0v) is 15.6. The van der Waals surface area contributed by atoms with Crippen LogP contribution in [0.2, 0.25) is 0 Å². The first-order valence-electron chi connectivity index (χ1n) is 5.37. The van der Waals surface area contributed by atoms with Gasteiger partial charge in [0.05, 0.1) is 0 Å². The lowest BCUT2D eigenvalue weighted by Crippen LogP contribution is -2.04. The van der Waals surface area contributed by atoms with Gasteiger partial charge < -0.3 is 4.74 Å². The number of ether oxygens (including phenoxy) is 1. The second-order valence-electron chi connectivity index (χ2n) is 3.53. The smallest absolute Gasteiger partial charge is 0.181 e. The number of unbranched alkanes of at least 4 members (excludes halogenated alkanes) is 3. The molecule has 0 aliphatic heterocycles. The van der Waals surface area contributed by atoms with E-state index in [4.69, 9.17) is 4.74 Å². The fourth-order valence-corrected chi connectivity index (χ4v) is 3.37. The third-order valence-electron chi connectivity index (χ3n) is 2.21. The van der Waals surface area contributed by atoms with Gasteiger partial charge in [-0.15, -0.1) is 0 Å². The van der Waals surface area contributed by atoms with Crippen molar-refractivity contribution in [2.45, 2.75) is 32.4 Å². The number of aromatic nitrogens is 2. The molecule has 17 heavy (non-hydrogen) atoms. The van der Waals surface area contributed by atoms with E-state index < -0.39 is 0 Å². The molecule has 0 fully saturated rings. The summed E-state index contributed by atoms with van der Waals surface area (Å²) >= 11 is 13.6. The van der Waals surface area contributed by atoms with Crippen LogP contribution >= 0.6 is 63.7 Å². The summed E-state index contributed by atoms with van der Waals surface area (Å²) in [5, 5.41) is 1.09. The second-order valence-corrected chi connectivity index (χ2v) is 6.54. The SMILES string of the molecule is BrCCCCCCOCn1c(Br)nc(Br)c1Br. The molecule has 1 aromatic rings. The molecule has 0 N–H and O–H groups in total. The summed E-state index contributed by atoms with van der Waals surface area (Å²) in [6.45, 7) is 1.30. The molecule has 0 spiro atoms. The van der Waals surface area contributed by atoms with E-state index in [1.54, 1.807) is 0 Å². The summed E-state index contributed by atoms with van der Waals surface area (Å²) < 4.78 is 9.96. The van der Waals surface area contributed by atoms with Crippen LogP contribution in [-0.4, -0.2) is 21.5 Å². The number of halogens is 4. The van der Waals surface area contributed by atoms with Crippen LogP contribution in [0.5, 0.6) is 0 Å². The van der Waals surface area contributed by atoms with E-state index in [2.05, 4.69) is 68.7 Å². The summed E-state index contributed by atoms with van der Waals surface area (Å²) in [6.07, 6.45) is 4.84. The van der Waals surface area contributed by atoms with Gasteiger partial charge in [-0.05, 0) is 60.6 Å². The molecular weight excluding hydrogens is 484 g/mol. The van der Waals surface area contributed by atoms with E-state index in [1.165, 1.54) is 19.3 Å².